The predicted molar refractivity (Wildman–Crippen MR) is 65.2 cm³/mol. The standard InChI is InChI=1S/C12H18O2S/c1-11-3-2-4-12(9-11)10-15-8-7-14-6-5-13/h2-4,9,13H,5-8,10H2,1H3. The van der Waals surface area contributed by atoms with Crippen molar-refractivity contribution in [3.63, 3.8) is 0 Å². The first-order valence-electron chi connectivity index (χ1n) is 5.15. The molecule has 0 bridgehead atoms. The van der Waals surface area contributed by atoms with Crippen LogP contribution in [0.2, 0.25) is 0 Å². The van der Waals surface area contributed by atoms with Gasteiger partial charge in [0.2, 0.25) is 0 Å². The summed E-state index contributed by atoms with van der Waals surface area (Å²) < 4.78 is 5.17. The second kappa shape index (κ2) is 7.74. The molecule has 0 aliphatic heterocycles. The molecule has 3 heteroatoms. The molecule has 0 unspecified atom stereocenters. The summed E-state index contributed by atoms with van der Waals surface area (Å²) in [6.07, 6.45) is 0. The summed E-state index contributed by atoms with van der Waals surface area (Å²) in [7, 11) is 0. The molecule has 15 heavy (non-hydrogen) atoms. The fourth-order valence-electron chi connectivity index (χ4n) is 1.28. The number of aryl methyl sites for hydroxylation is 1. The van der Waals surface area contributed by atoms with Gasteiger partial charge in [-0.25, -0.2) is 0 Å². The van der Waals surface area contributed by atoms with Gasteiger partial charge in [0.1, 0.15) is 0 Å². The van der Waals surface area contributed by atoms with Crippen LogP contribution in [0.1, 0.15) is 11.1 Å². The lowest BCUT2D eigenvalue weighted by atomic mass is 10.2. The van der Waals surface area contributed by atoms with Crippen LogP contribution in [-0.4, -0.2) is 30.7 Å². The Morgan fingerprint density at radius 1 is 1.33 bits per heavy atom. The van der Waals surface area contributed by atoms with Gasteiger partial charge in [-0.3, -0.25) is 0 Å². The number of rotatable bonds is 7. The second-order valence-corrected chi connectivity index (χ2v) is 4.48. The quantitative estimate of drug-likeness (QED) is 0.723. The van der Waals surface area contributed by atoms with Gasteiger partial charge in [-0.1, -0.05) is 29.8 Å². The van der Waals surface area contributed by atoms with Crippen LogP contribution in [-0.2, 0) is 10.5 Å². The third-order valence-corrected chi connectivity index (χ3v) is 2.95. The topological polar surface area (TPSA) is 29.5 Å². The first kappa shape index (κ1) is 12.6. The lowest BCUT2D eigenvalue weighted by Crippen LogP contribution is -2.02. The Kier molecular flexibility index (Phi) is 6.48. The summed E-state index contributed by atoms with van der Waals surface area (Å²) in [6, 6.07) is 8.56. The molecule has 0 atom stereocenters. The number of ether oxygens (including phenoxy) is 1. The molecule has 0 amide bonds. The first-order chi connectivity index (χ1) is 7.33. The van der Waals surface area contributed by atoms with E-state index in [1.165, 1.54) is 11.1 Å². The van der Waals surface area contributed by atoms with E-state index in [-0.39, 0.29) is 6.61 Å². The van der Waals surface area contributed by atoms with E-state index in [9.17, 15) is 0 Å². The summed E-state index contributed by atoms with van der Waals surface area (Å²) in [4.78, 5) is 0. The zero-order valence-corrected chi connectivity index (χ0v) is 9.93. The highest BCUT2D eigenvalue weighted by Crippen LogP contribution is 2.13. The highest BCUT2D eigenvalue weighted by Gasteiger charge is 1.94. The molecule has 0 aromatic heterocycles. The number of benzene rings is 1. The maximum atomic E-state index is 8.50. The lowest BCUT2D eigenvalue weighted by Gasteiger charge is -2.03. The zero-order chi connectivity index (χ0) is 10.9. The van der Waals surface area contributed by atoms with Crippen molar-refractivity contribution in [2.24, 2.45) is 0 Å². The van der Waals surface area contributed by atoms with Crippen molar-refractivity contribution in [3.05, 3.63) is 35.4 Å². The van der Waals surface area contributed by atoms with Crippen LogP contribution in [0.4, 0.5) is 0 Å². The fraction of sp³-hybridized carbons (Fsp3) is 0.500. The van der Waals surface area contributed by atoms with Crippen molar-refractivity contribution < 1.29 is 9.84 Å². The van der Waals surface area contributed by atoms with Crippen molar-refractivity contribution in [3.8, 4) is 0 Å². The molecule has 0 saturated heterocycles. The Labute approximate surface area is 95.7 Å². The minimum Gasteiger partial charge on any atom is -0.394 e. The Hall–Kier alpha value is -0.510. The normalized spacial score (nSPS) is 10.5. The molecule has 2 nitrogen and oxygen atoms in total. The van der Waals surface area contributed by atoms with E-state index in [0.717, 1.165) is 18.1 Å². The van der Waals surface area contributed by atoms with Crippen LogP contribution in [0.5, 0.6) is 0 Å². The Balaban J connectivity index is 2.10. The average molecular weight is 226 g/mol. The second-order valence-electron chi connectivity index (χ2n) is 3.38. The summed E-state index contributed by atoms with van der Waals surface area (Å²) in [5.41, 5.74) is 2.67. The van der Waals surface area contributed by atoms with Crippen molar-refractivity contribution in [1.29, 1.82) is 0 Å². The van der Waals surface area contributed by atoms with Crippen LogP contribution in [0.15, 0.2) is 24.3 Å². The van der Waals surface area contributed by atoms with E-state index in [1.54, 1.807) is 0 Å². The third kappa shape index (κ3) is 5.82. The lowest BCUT2D eigenvalue weighted by molar-refractivity contribution is 0.103. The zero-order valence-electron chi connectivity index (χ0n) is 9.11. The SMILES string of the molecule is Cc1cccc(CSCCOCCO)c1. The van der Waals surface area contributed by atoms with Crippen LogP contribution in [0.3, 0.4) is 0 Å². The minimum absolute atomic E-state index is 0.114. The van der Waals surface area contributed by atoms with Gasteiger partial charge in [0.25, 0.3) is 0 Å². The molecule has 0 heterocycles. The van der Waals surface area contributed by atoms with E-state index in [0.29, 0.717) is 6.61 Å². The van der Waals surface area contributed by atoms with Crippen molar-refractivity contribution in [1.82, 2.24) is 0 Å². The molecule has 1 N–H and O–H groups in total. The molecule has 0 aliphatic carbocycles. The van der Waals surface area contributed by atoms with Gasteiger partial charge in [-0.15, -0.1) is 0 Å². The van der Waals surface area contributed by atoms with Gasteiger partial charge in [0.05, 0.1) is 19.8 Å². The maximum Gasteiger partial charge on any atom is 0.0698 e. The van der Waals surface area contributed by atoms with Gasteiger partial charge >= 0.3 is 0 Å². The molecule has 0 fully saturated rings. The van der Waals surface area contributed by atoms with Crippen molar-refractivity contribution >= 4 is 11.8 Å². The molecule has 0 spiro atoms. The summed E-state index contributed by atoms with van der Waals surface area (Å²) in [5.74, 6) is 2.01. The molecular weight excluding hydrogens is 208 g/mol. The number of aliphatic hydroxyl groups is 1. The largest absolute Gasteiger partial charge is 0.394 e. The van der Waals surface area contributed by atoms with Crippen molar-refractivity contribution in [2.75, 3.05) is 25.6 Å². The fourth-order valence-corrected chi connectivity index (χ4v) is 2.07. The van der Waals surface area contributed by atoms with Gasteiger partial charge in [-0.05, 0) is 12.5 Å². The minimum atomic E-state index is 0.114. The summed E-state index contributed by atoms with van der Waals surface area (Å²) in [6.45, 7) is 3.39. The van der Waals surface area contributed by atoms with Gasteiger partial charge in [-0.2, -0.15) is 11.8 Å². The van der Waals surface area contributed by atoms with Gasteiger partial charge < -0.3 is 9.84 Å². The number of thioether (sulfide) groups is 1. The third-order valence-electron chi connectivity index (χ3n) is 1.96. The highest BCUT2D eigenvalue weighted by atomic mass is 32.2. The van der Waals surface area contributed by atoms with Crippen molar-refractivity contribution in [2.45, 2.75) is 12.7 Å². The Morgan fingerprint density at radius 2 is 2.20 bits per heavy atom. The number of hydrogen-bond donors (Lipinski definition) is 1. The van der Waals surface area contributed by atoms with E-state index >= 15 is 0 Å². The van der Waals surface area contributed by atoms with E-state index in [4.69, 9.17) is 9.84 Å². The summed E-state index contributed by atoms with van der Waals surface area (Å²) >= 11 is 1.86. The predicted octanol–water partition coefficient (Wildman–Crippen LogP) is 2.24. The van der Waals surface area contributed by atoms with E-state index in [2.05, 4.69) is 31.2 Å². The van der Waals surface area contributed by atoms with Crippen LogP contribution >= 0.6 is 11.8 Å². The molecular formula is C12H18O2S. The van der Waals surface area contributed by atoms with Crippen LogP contribution in [0.25, 0.3) is 0 Å². The maximum absolute atomic E-state index is 8.50. The Bertz CT molecular complexity index is 276. The number of aliphatic hydroxyl groups excluding tert-OH is 1. The van der Waals surface area contributed by atoms with Crippen LogP contribution < -0.4 is 0 Å². The van der Waals surface area contributed by atoms with E-state index < -0.39 is 0 Å². The summed E-state index contributed by atoms with van der Waals surface area (Å²) in [5, 5.41) is 8.50. The molecule has 0 aliphatic rings. The van der Waals surface area contributed by atoms with Crippen LogP contribution in [0, 0.1) is 6.92 Å². The molecule has 1 aromatic rings. The Morgan fingerprint density at radius 3 is 2.93 bits per heavy atom. The van der Waals surface area contributed by atoms with Gasteiger partial charge in [0.15, 0.2) is 0 Å². The van der Waals surface area contributed by atoms with E-state index in [1.807, 2.05) is 11.8 Å². The molecule has 1 rings (SSSR count). The number of hydrogen-bond acceptors (Lipinski definition) is 3. The molecule has 0 saturated carbocycles. The molecule has 1 aromatic carbocycles. The first-order valence-corrected chi connectivity index (χ1v) is 6.30. The van der Waals surface area contributed by atoms with Gasteiger partial charge in [0, 0.05) is 11.5 Å². The molecule has 0 radical (unpaired) electrons. The molecule has 84 valence electrons. The smallest absolute Gasteiger partial charge is 0.0698 e. The monoisotopic (exact) mass is 226 g/mol. The average Bonchev–Trinajstić information content (AvgIpc) is 2.23. The highest BCUT2D eigenvalue weighted by molar-refractivity contribution is 7.98.